The minimum Gasteiger partial charge on any atom is -0.508 e. The molecule has 0 spiro atoms. The number of hydrogen-bond donors (Lipinski definition) is 1. The van der Waals surface area contributed by atoms with Crippen LogP contribution in [-0.4, -0.2) is 27.1 Å². The Morgan fingerprint density at radius 2 is 1.87 bits per heavy atom. The fraction of sp³-hybridized carbons (Fsp3) is 0.364. The summed E-state index contributed by atoms with van der Waals surface area (Å²) in [6.07, 6.45) is 1.70. The standard InChI is InChI=1S/C22H22Cl2FNO4/c1-6-11-7-8-12(29-17-14(23)10-26-20(25)16(17)24)9-13(11)15-18(27)21(2,3)30-22(4,5)19(15)28/h7-10,27H,6H2,1-5H3. The van der Waals surface area contributed by atoms with Crippen molar-refractivity contribution in [3.8, 4) is 11.5 Å². The van der Waals surface area contributed by atoms with E-state index < -0.39 is 17.1 Å². The first-order valence-electron chi connectivity index (χ1n) is 9.38. The lowest BCUT2D eigenvalue weighted by Gasteiger charge is -2.40. The number of aliphatic hydroxyl groups is 1. The van der Waals surface area contributed by atoms with Crippen molar-refractivity contribution in [1.82, 2.24) is 4.98 Å². The second-order valence-corrected chi connectivity index (χ2v) is 8.78. The lowest BCUT2D eigenvalue weighted by molar-refractivity contribution is -0.158. The van der Waals surface area contributed by atoms with E-state index in [2.05, 4.69) is 4.98 Å². The molecule has 1 aliphatic rings. The van der Waals surface area contributed by atoms with Gasteiger partial charge in [-0.25, -0.2) is 4.98 Å². The van der Waals surface area contributed by atoms with Gasteiger partial charge in [-0.15, -0.1) is 0 Å². The molecule has 1 N–H and O–H groups in total. The first kappa shape index (κ1) is 22.5. The SMILES string of the molecule is CCc1ccc(Oc2c(Cl)cnc(F)c2Cl)cc1C1=C(O)C(C)(C)OC(C)(C)C1=O. The highest BCUT2D eigenvalue weighted by atomic mass is 35.5. The second kappa shape index (κ2) is 7.84. The highest BCUT2D eigenvalue weighted by molar-refractivity contribution is 6.37. The van der Waals surface area contributed by atoms with Crippen molar-refractivity contribution in [2.45, 2.75) is 52.2 Å². The van der Waals surface area contributed by atoms with E-state index in [1.807, 2.05) is 6.92 Å². The van der Waals surface area contributed by atoms with Crippen LogP contribution >= 0.6 is 23.2 Å². The van der Waals surface area contributed by atoms with Gasteiger partial charge in [0.2, 0.25) is 5.95 Å². The molecule has 1 aliphatic heterocycles. The van der Waals surface area contributed by atoms with E-state index in [0.717, 1.165) is 11.8 Å². The number of pyridine rings is 1. The van der Waals surface area contributed by atoms with Crippen molar-refractivity contribution in [3.05, 3.63) is 57.3 Å². The molecule has 0 radical (unpaired) electrons. The molecular weight excluding hydrogens is 432 g/mol. The molecule has 30 heavy (non-hydrogen) atoms. The van der Waals surface area contributed by atoms with Crippen LogP contribution in [0, 0.1) is 5.95 Å². The molecule has 0 fully saturated rings. The number of aliphatic hydroxyl groups excluding tert-OH is 1. The zero-order chi connectivity index (χ0) is 22.4. The molecule has 160 valence electrons. The largest absolute Gasteiger partial charge is 0.508 e. The Balaban J connectivity index is 2.17. The van der Waals surface area contributed by atoms with E-state index >= 15 is 0 Å². The molecule has 2 aromatic rings. The Kier molecular flexibility index (Phi) is 5.89. The summed E-state index contributed by atoms with van der Waals surface area (Å²) >= 11 is 12.0. The van der Waals surface area contributed by atoms with Crippen LogP contribution in [0.15, 0.2) is 30.2 Å². The van der Waals surface area contributed by atoms with Gasteiger partial charge in [0.05, 0.1) is 11.8 Å². The summed E-state index contributed by atoms with van der Waals surface area (Å²) in [5.41, 5.74) is -0.701. The fourth-order valence-corrected chi connectivity index (χ4v) is 3.91. The Morgan fingerprint density at radius 3 is 2.50 bits per heavy atom. The van der Waals surface area contributed by atoms with Crippen LogP contribution in [0.5, 0.6) is 11.5 Å². The monoisotopic (exact) mass is 453 g/mol. The van der Waals surface area contributed by atoms with Crippen molar-refractivity contribution in [3.63, 3.8) is 0 Å². The van der Waals surface area contributed by atoms with Crippen molar-refractivity contribution in [2.24, 2.45) is 0 Å². The summed E-state index contributed by atoms with van der Waals surface area (Å²) < 4.78 is 25.3. The molecule has 5 nitrogen and oxygen atoms in total. The van der Waals surface area contributed by atoms with E-state index in [1.165, 1.54) is 0 Å². The zero-order valence-corrected chi connectivity index (χ0v) is 18.8. The molecule has 1 aromatic carbocycles. The summed E-state index contributed by atoms with van der Waals surface area (Å²) in [7, 11) is 0. The van der Waals surface area contributed by atoms with Crippen LogP contribution < -0.4 is 4.74 Å². The van der Waals surface area contributed by atoms with Crippen molar-refractivity contribution >= 4 is 34.6 Å². The summed E-state index contributed by atoms with van der Waals surface area (Å²) in [6.45, 7) is 8.65. The molecule has 0 aliphatic carbocycles. The Morgan fingerprint density at radius 1 is 1.20 bits per heavy atom. The van der Waals surface area contributed by atoms with Crippen molar-refractivity contribution in [1.29, 1.82) is 0 Å². The van der Waals surface area contributed by atoms with E-state index in [4.69, 9.17) is 32.7 Å². The van der Waals surface area contributed by atoms with Crippen LogP contribution in [0.25, 0.3) is 5.57 Å². The molecule has 0 saturated heterocycles. The summed E-state index contributed by atoms with van der Waals surface area (Å²) in [6, 6.07) is 5.03. The molecule has 8 heteroatoms. The van der Waals surface area contributed by atoms with Gasteiger partial charge in [-0.2, -0.15) is 4.39 Å². The number of aromatic nitrogens is 1. The number of aryl methyl sites for hydroxylation is 1. The number of carbonyl (C=O) groups is 1. The number of rotatable bonds is 4. The predicted octanol–water partition coefficient (Wildman–Crippen LogP) is 6.31. The first-order valence-corrected chi connectivity index (χ1v) is 10.1. The Labute approximate surface area is 184 Å². The summed E-state index contributed by atoms with van der Waals surface area (Å²) in [5, 5.41) is 10.6. The maximum atomic E-state index is 13.7. The number of nitrogens with zero attached hydrogens (tertiary/aromatic N) is 1. The molecular formula is C22H22Cl2FNO4. The molecule has 0 saturated carbocycles. The van der Waals surface area contributed by atoms with E-state index in [9.17, 15) is 14.3 Å². The van der Waals surface area contributed by atoms with Crippen molar-refractivity contribution < 1.29 is 23.8 Å². The maximum Gasteiger partial charge on any atom is 0.235 e. The minimum atomic E-state index is -1.13. The van der Waals surface area contributed by atoms with E-state index in [-0.39, 0.29) is 38.7 Å². The number of carbonyl (C=O) groups excluding carboxylic acids is 1. The van der Waals surface area contributed by atoms with Crippen LogP contribution in [0.4, 0.5) is 4.39 Å². The van der Waals surface area contributed by atoms with E-state index in [0.29, 0.717) is 12.0 Å². The Hall–Kier alpha value is -2.15. The molecule has 0 bridgehead atoms. The van der Waals surface area contributed by atoms with Crippen LogP contribution in [0.1, 0.15) is 45.7 Å². The zero-order valence-electron chi connectivity index (χ0n) is 17.3. The van der Waals surface area contributed by atoms with Gasteiger partial charge < -0.3 is 14.6 Å². The van der Waals surface area contributed by atoms with Gasteiger partial charge in [0, 0.05) is 0 Å². The normalized spacial score (nSPS) is 17.9. The predicted molar refractivity (Wildman–Crippen MR) is 114 cm³/mol. The van der Waals surface area contributed by atoms with Crippen LogP contribution in [-0.2, 0) is 16.0 Å². The second-order valence-electron chi connectivity index (χ2n) is 7.99. The lowest BCUT2D eigenvalue weighted by Crippen LogP contribution is -2.49. The van der Waals surface area contributed by atoms with Crippen molar-refractivity contribution in [2.75, 3.05) is 0 Å². The molecule has 0 atom stereocenters. The van der Waals surface area contributed by atoms with Gasteiger partial charge in [-0.05, 0) is 57.4 Å². The van der Waals surface area contributed by atoms with Gasteiger partial charge in [0.1, 0.15) is 32.8 Å². The average molecular weight is 454 g/mol. The topological polar surface area (TPSA) is 68.7 Å². The average Bonchev–Trinajstić information content (AvgIpc) is 2.67. The van der Waals surface area contributed by atoms with Gasteiger partial charge in [-0.1, -0.05) is 36.2 Å². The lowest BCUT2D eigenvalue weighted by atomic mass is 9.81. The molecule has 0 amide bonds. The first-order chi connectivity index (χ1) is 13.9. The number of ether oxygens (including phenoxy) is 2. The van der Waals surface area contributed by atoms with E-state index in [1.54, 1.807) is 45.9 Å². The molecule has 0 unspecified atom stereocenters. The highest BCUT2D eigenvalue weighted by Gasteiger charge is 2.47. The summed E-state index contributed by atoms with van der Waals surface area (Å²) in [5.74, 6) is -1.24. The quantitative estimate of drug-likeness (QED) is 0.549. The highest BCUT2D eigenvalue weighted by Crippen LogP contribution is 2.43. The molecule has 1 aromatic heterocycles. The number of ketones is 1. The molecule has 2 heterocycles. The van der Waals surface area contributed by atoms with Crippen LogP contribution in [0.3, 0.4) is 0 Å². The molecule has 3 rings (SSSR count). The third-order valence-corrected chi connectivity index (χ3v) is 5.53. The fourth-order valence-electron chi connectivity index (χ4n) is 3.49. The maximum absolute atomic E-state index is 13.7. The van der Waals surface area contributed by atoms with Gasteiger partial charge in [-0.3, -0.25) is 4.79 Å². The number of Topliss-reactive ketones (excluding diaryl/α,β-unsaturated/α-hetero) is 1. The van der Waals surface area contributed by atoms with Gasteiger partial charge in [0.15, 0.2) is 11.5 Å². The third-order valence-electron chi connectivity index (χ3n) is 4.93. The number of hydrogen-bond acceptors (Lipinski definition) is 5. The smallest absolute Gasteiger partial charge is 0.235 e. The minimum absolute atomic E-state index is 0.0361. The Bertz CT molecular complexity index is 1060. The summed E-state index contributed by atoms with van der Waals surface area (Å²) in [4.78, 5) is 16.6. The van der Waals surface area contributed by atoms with Gasteiger partial charge >= 0.3 is 0 Å². The number of halogens is 3. The third kappa shape index (κ3) is 3.92. The van der Waals surface area contributed by atoms with Gasteiger partial charge in [0.25, 0.3) is 0 Å². The van der Waals surface area contributed by atoms with Crippen LogP contribution in [0.2, 0.25) is 10.0 Å². The number of benzene rings is 1.